The summed E-state index contributed by atoms with van der Waals surface area (Å²) in [5.74, 6) is -1.29. The molecule has 7 nitrogen and oxygen atoms in total. The topological polar surface area (TPSA) is 96.4 Å². The fourth-order valence-electron chi connectivity index (χ4n) is 3.28. The predicted molar refractivity (Wildman–Crippen MR) is 105 cm³/mol. The number of nitrogens with zero attached hydrogens (tertiary/aromatic N) is 2. The van der Waals surface area contributed by atoms with Crippen LogP contribution in [0.15, 0.2) is 53.4 Å². The monoisotopic (exact) mass is 395 g/mol. The quantitative estimate of drug-likeness (QED) is 0.735. The minimum atomic E-state index is -4.03. The summed E-state index contributed by atoms with van der Waals surface area (Å²) in [7, 11) is -4.03. The van der Waals surface area contributed by atoms with Gasteiger partial charge in [-0.15, -0.1) is 0 Å². The molecule has 2 amide bonds. The molecule has 1 aliphatic heterocycles. The average Bonchev–Trinajstić information content (AvgIpc) is 2.85. The second-order valence-corrected chi connectivity index (χ2v) is 8.47. The molecule has 0 unspecified atom stereocenters. The van der Waals surface area contributed by atoms with Gasteiger partial charge in [-0.25, -0.2) is 12.7 Å². The fourth-order valence-corrected chi connectivity index (χ4v) is 4.80. The van der Waals surface area contributed by atoms with Gasteiger partial charge in [-0.05, 0) is 49.7 Å². The van der Waals surface area contributed by atoms with Crippen molar-refractivity contribution in [3.05, 3.63) is 65.4 Å². The maximum Gasteiger partial charge on any atom is 0.269 e. The van der Waals surface area contributed by atoms with Gasteiger partial charge in [-0.1, -0.05) is 18.2 Å². The van der Waals surface area contributed by atoms with Gasteiger partial charge in [0.25, 0.3) is 15.9 Å². The molecule has 8 heteroatoms. The number of rotatable bonds is 3. The molecule has 28 heavy (non-hydrogen) atoms. The van der Waals surface area contributed by atoms with E-state index in [9.17, 15) is 18.0 Å². The molecule has 0 radical (unpaired) electrons. The van der Waals surface area contributed by atoms with Crippen LogP contribution in [0.4, 0.5) is 5.69 Å². The average molecular weight is 395 g/mol. The second kappa shape index (κ2) is 6.42. The summed E-state index contributed by atoms with van der Waals surface area (Å²) in [6.45, 7) is 3.12. The largest absolute Gasteiger partial charge is 0.324 e. The van der Waals surface area contributed by atoms with Crippen molar-refractivity contribution in [1.29, 1.82) is 0 Å². The van der Waals surface area contributed by atoms with Crippen LogP contribution < -0.4 is 5.32 Å². The fraction of sp³-hybridized carbons (Fsp3) is 0.150. The molecule has 0 spiro atoms. The zero-order valence-electron chi connectivity index (χ0n) is 15.3. The Bertz CT molecular complexity index is 1250. The molecule has 2 heterocycles. The lowest BCUT2D eigenvalue weighted by Crippen LogP contribution is -2.37. The van der Waals surface area contributed by atoms with Crippen molar-refractivity contribution < 1.29 is 18.0 Å². The molecule has 0 atom stereocenters. The number of carbonyl (C=O) groups is 2. The third-order valence-electron chi connectivity index (χ3n) is 4.68. The van der Waals surface area contributed by atoms with Crippen LogP contribution in [0.3, 0.4) is 0 Å². The molecule has 0 aliphatic carbocycles. The van der Waals surface area contributed by atoms with Crippen molar-refractivity contribution in [3.63, 3.8) is 0 Å². The van der Waals surface area contributed by atoms with Gasteiger partial charge in [0, 0.05) is 11.1 Å². The lowest BCUT2D eigenvalue weighted by Gasteiger charge is -2.16. The lowest BCUT2D eigenvalue weighted by atomic mass is 10.1. The van der Waals surface area contributed by atoms with Gasteiger partial charge in [0.1, 0.15) is 11.4 Å². The number of pyridine rings is 1. The van der Waals surface area contributed by atoms with Crippen LogP contribution in [-0.4, -0.2) is 36.1 Å². The van der Waals surface area contributed by atoms with Gasteiger partial charge in [0.2, 0.25) is 5.91 Å². The number of amides is 2. The first-order valence-corrected chi connectivity index (χ1v) is 10.1. The number of aromatic nitrogens is 1. The number of hydrogen-bond donors (Lipinski definition) is 1. The van der Waals surface area contributed by atoms with Crippen molar-refractivity contribution in [2.75, 3.05) is 11.9 Å². The van der Waals surface area contributed by atoms with E-state index in [4.69, 9.17) is 0 Å². The standard InChI is InChI=1S/C20H17N3O4S/c1-12-7-10-16-14(9-8-13(2)21-16)19(12)22-18(24)11-23-20(25)15-5-3-4-6-17(15)28(23,26)27/h3-10H,11H2,1-2H3,(H,22,24). The highest BCUT2D eigenvalue weighted by Gasteiger charge is 2.41. The Balaban J connectivity index is 1.64. The first-order chi connectivity index (χ1) is 13.3. The zero-order valence-corrected chi connectivity index (χ0v) is 16.1. The van der Waals surface area contributed by atoms with E-state index in [-0.39, 0.29) is 10.5 Å². The summed E-state index contributed by atoms with van der Waals surface area (Å²) in [6.07, 6.45) is 0. The Kier molecular flexibility index (Phi) is 4.15. The Morgan fingerprint density at radius 2 is 1.82 bits per heavy atom. The van der Waals surface area contributed by atoms with E-state index in [1.54, 1.807) is 12.1 Å². The molecule has 0 saturated heterocycles. The van der Waals surface area contributed by atoms with Crippen molar-refractivity contribution in [2.45, 2.75) is 18.7 Å². The van der Waals surface area contributed by atoms with E-state index < -0.39 is 28.4 Å². The number of sulfonamides is 1. The van der Waals surface area contributed by atoms with Crippen LogP contribution in [0.5, 0.6) is 0 Å². The van der Waals surface area contributed by atoms with Crippen molar-refractivity contribution in [3.8, 4) is 0 Å². The Morgan fingerprint density at radius 3 is 2.57 bits per heavy atom. The predicted octanol–water partition coefficient (Wildman–Crippen LogP) is 2.63. The van der Waals surface area contributed by atoms with Crippen LogP contribution in [0, 0.1) is 13.8 Å². The van der Waals surface area contributed by atoms with Crippen LogP contribution >= 0.6 is 0 Å². The minimum absolute atomic E-state index is 0.0752. The number of carbonyl (C=O) groups excluding carboxylic acids is 2. The van der Waals surface area contributed by atoms with Crippen LogP contribution in [0.1, 0.15) is 21.6 Å². The Labute approximate surface area is 162 Å². The first-order valence-electron chi connectivity index (χ1n) is 8.62. The van der Waals surface area contributed by atoms with Crippen molar-refractivity contribution in [2.24, 2.45) is 0 Å². The third-order valence-corrected chi connectivity index (χ3v) is 6.47. The second-order valence-electron chi connectivity index (χ2n) is 6.64. The van der Waals surface area contributed by atoms with Crippen LogP contribution in [0.25, 0.3) is 10.9 Å². The maximum atomic E-state index is 12.6. The summed E-state index contributed by atoms with van der Waals surface area (Å²) < 4.78 is 25.8. The van der Waals surface area contributed by atoms with Gasteiger partial charge in [0.15, 0.2) is 0 Å². The maximum absolute atomic E-state index is 12.6. The molecule has 0 bridgehead atoms. The summed E-state index contributed by atoms with van der Waals surface area (Å²) in [6, 6.07) is 13.3. The highest BCUT2D eigenvalue weighted by molar-refractivity contribution is 7.90. The number of anilines is 1. The SMILES string of the molecule is Cc1ccc2c(NC(=O)CN3C(=O)c4ccccc4S3(=O)=O)c(C)ccc2n1. The molecule has 1 aromatic heterocycles. The normalized spacial score (nSPS) is 14.9. The molecule has 142 valence electrons. The molecule has 1 N–H and O–H groups in total. The Morgan fingerprint density at radius 1 is 1.07 bits per heavy atom. The van der Waals surface area contributed by atoms with Gasteiger partial charge in [-0.3, -0.25) is 14.6 Å². The van der Waals surface area contributed by atoms with E-state index in [1.165, 1.54) is 12.1 Å². The number of hydrogen-bond acceptors (Lipinski definition) is 5. The van der Waals surface area contributed by atoms with Crippen molar-refractivity contribution in [1.82, 2.24) is 9.29 Å². The van der Waals surface area contributed by atoms with E-state index in [1.807, 2.05) is 38.1 Å². The van der Waals surface area contributed by atoms with Gasteiger partial charge in [0.05, 0.1) is 16.8 Å². The van der Waals surface area contributed by atoms with Crippen LogP contribution in [-0.2, 0) is 14.8 Å². The molecule has 2 aromatic carbocycles. The van der Waals surface area contributed by atoms with E-state index >= 15 is 0 Å². The smallest absolute Gasteiger partial charge is 0.269 e. The molecule has 3 aromatic rings. The highest BCUT2D eigenvalue weighted by Crippen LogP contribution is 2.30. The lowest BCUT2D eigenvalue weighted by molar-refractivity contribution is -0.116. The van der Waals surface area contributed by atoms with Gasteiger partial charge >= 0.3 is 0 Å². The molecular formula is C20H17N3O4S. The Hall–Kier alpha value is -3.26. The van der Waals surface area contributed by atoms with Crippen molar-refractivity contribution >= 4 is 38.4 Å². The van der Waals surface area contributed by atoms with E-state index in [0.717, 1.165) is 22.2 Å². The van der Waals surface area contributed by atoms with E-state index in [0.29, 0.717) is 9.99 Å². The van der Waals surface area contributed by atoms with Crippen LogP contribution in [0.2, 0.25) is 0 Å². The van der Waals surface area contributed by atoms with Gasteiger partial charge in [-0.2, -0.15) is 0 Å². The third kappa shape index (κ3) is 2.82. The zero-order chi connectivity index (χ0) is 20.1. The summed E-state index contributed by atoms with van der Waals surface area (Å²) in [4.78, 5) is 29.5. The molecule has 1 aliphatic rings. The number of aryl methyl sites for hydroxylation is 2. The first kappa shape index (κ1) is 18.1. The molecule has 0 fully saturated rings. The number of benzene rings is 2. The summed E-state index contributed by atoms with van der Waals surface area (Å²) >= 11 is 0. The highest BCUT2D eigenvalue weighted by atomic mass is 32.2. The molecule has 0 saturated carbocycles. The van der Waals surface area contributed by atoms with E-state index in [2.05, 4.69) is 10.3 Å². The minimum Gasteiger partial charge on any atom is -0.324 e. The van der Waals surface area contributed by atoms with Gasteiger partial charge < -0.3 is 5.32 Å². The number of nitrogens with one attached hydrogen (secondary N) is 1. The summed E-state index contributed by atoms with van der Waals surface area (Å²) in [5.41, 5.74) is 3.01. The molecule has 4 rings (SSSR count). The summed E-state index contributed by atoms with van der Waals surface area (Å²) in [5, 5.41) is 3.50. The number of fused-ring (bicyclic) bond motifs is 2. The molecular weight excluding hydrogens is 378 g/mol.